The Morgan fingerprint density at radius 2 is 1.89 bits per heavy atom. The van der Waals surface area contributed by atoms with Crippen LogP contribution in [0.5, 0.6) is 5.75 Å². The summed E-state index contributed by atoms with van der Waals surface area (Å²) in [6.45, 7) is -0.200. The second kappa shape index (κ2) is 3.69. The van der Waals surface area contributed by atoms with Gasteiger partial charge in [0.25, 0.3) is 5.91 Å². The maximum atomic E-state index is 11.7. The molecule has 0 radical (unpaired) electrons. The first-order valence-corrected chi connectivity index (χ1v) is 7.22. The van der Waals surface area contributed by atoms with Gasteiger partial charge in [-0.3, -0.25) is 4.79 Å². The van der Waals surface area contributed by atoms with E-state index in [4.69, 9.17) is 0 Å². The maximum Gasteiger partial charge on any atom is 0.400 e. The zero-order valence-corrected chi connectivity index (χ0v) is 10.4. The highest BCUT2D eigenvalue weighted by Crippen LogP contribution is 2.30. The van der Waals surface area contributed by atoms with Crippen molar-refractivity contribution in [2.75, 3.05) is 6.54 Å². The van der Waals surface area contributed by atoms with Crippen molar-refractivity contribution in [2.24, 2.45) is 0 Å². The van der Waals surface area contributed by atoms with Crippen molar-refractivity contribution in [3.8, 4) is 5.75 Å². The third-order valence-electron chi connectivity index (χ3n) is 3.40. The molecule has 1 atom stereocenters. The summed E-state index contributed by atoms with van der Waals surface area (Å²) >= 11 is 0. The summed E-state index contributed by atoms with van der Waals surface area (Å²) in [7, 11) is -3.77. The number of aryl methyl sites for hydroxylation is 2. The summed E-state index contributed by atoms with van der Waals surface area (Å²) in [4.78, 5) is 11.2. The first-order valence-electron chi connectivity index (χ1n) is 5.74. The molecule has 7 heteroatoms. The number of benzene rings is 1. The average Bonchev–Trinajstić information content (AvgIpc) is 2.80. The number of phenolic OH excluding ortho intramolecular Hbond substituents is 1. The second-order valence-electron chi connectivity index (χ2n) is 4.62. The molecule has 1 aliphatic carbocycles. The topological polar surface area (TPSA) is 87.9 Å². The van der Waals surface area contributed by atoms with Crippen LogP contribution in [0.4, 0.5) is 5.69 Å². The van der Waals surface area contributed by atoms with Crippen molar-refractivity contribution < 1.29 is 22.6 Å². The zero-order valence-electron chi connectivity index (χ0n) is 9.56. The summed E-state index contributed by atoms with van der Waals surface area (Å²) in [6.07, 6.45) is 2.80. The Labute approximate surface area is 104 Å². The number of carbonyl (C=O) groups is 1. The van der Waals surface area contributed by atoms with Crippen molar-refractivity contribution >= 4 is 21.8 Å². The number of aromatic hydroxyl groups is 1. The van der Waals surface area contributed by atoms with Crippen LogP contribution in [-0.4, -0.2) is 26.0 Å². The lowest BCUT2D eigenvalue weighted by Crippen LogP contribution is -3.07. The SMILES string of the molecule is O=C1C[NH+](c2cc3c(cc2O)CCC3)S(=O)(=O)N1. The van der Waals surface area contributed by atoms with E-state index in [0.29, 0.717) is 0 Å². The van der Waals surface area contributed by atoms with Crippen molar-refractivity contribution in [3.05, 3.63) is 23.3 Å². The van der Waals surface area contributed by atoms with Gasteiger partial charge in [-0.05, 0) is 36.5 Å². The molecule has 0 bridgehead atoms. The standard InChI is InChI=1S/C11H12N2O4S/c14-10-5-8-3-1-2-7(8)4-9(10)13-6-11(15)12-18(13,16)17/h4-5,14H,1-3,6H2,(H,12,15)/p+1. The molecule has 1 unspecified atom stereocenters. The molecule has 1 heterocycles. The lowest BCUT2D eigenvalue weighted by atomic mass is 10.1. The van der Waals surface area contributed by atoms with E-state index in [1.165, 1.54) is 0 Å². The van der Waals surface area contributed by atoms with E-state index in [1.54, 1.807) is 12.1 Å². The van der Waals surface area contributed by atoms with Crippen LogP contribution in [0.15, 0.2) is 12.1 Å². The lowest BCUT2D eigenvalue weighted by Gasteiger charge is -2.11. The van der Waals surface area contributed by atoms with E-state index in [1.807, 2.05) is 4.72 Å². The molecule has 0 saturated carbocycles. The maximum absolute atomic E-state index is 11.7. The van der Waals surface area contributed by atoms with Crippen LogP contribution in [0.25, 0.3) is 0 Å². The molecule has 0 aromatic heterocycles. The Balaban J connectivity index is 2.10. The van der Waals surface area contributed by atoms with Gasteiger partial charge in [-0.2, -0.15) is 12.7 Å². The highest BCUT2D eigenvalue weighted by molar-refractivity contribution is 7.84. The van der Waals surface area contributed by atoms with Crippen LogP contribution >= 0.6 is 0 Å². The number of fused-ring (bicyclic) bond motifs is 1. The van der Waals surface area contributed by atoms with Crippen molar-refractivity contribution in [1.29, 1.82) is 0 Å². The number of phenols is 1. The van der Waals surface area contributed by atoms with Gasteiger partial charge in [0, 0.05) is 6.07 Å². The third kappa shape index (κ3) is 1.67. The van der Waals surface area contributed by atoms with Gasteiger partial charge in [0.2, 0.25) is 0 Å². The number of hydrogen-bond donors (Lipinski definition) is 3. The van der Waals surface area contributed by atoms with E-state index < -0.39 is 16.1 Å². The van der Waals surface area contributed by atoms with E-state index in [2.05, 4.69) is 0 Å². The highest BCUT2D eigenvalue weighted by Gasteiger charge is 2.41. The van der Waals surface area contributed by atoms with Crippen LogP contribution in [0.2, 0.25) is 0 Å². The number of amides is 1. The molecule has 0 spiro atoms. The monoisotopic (exact) mass is 269 g/mol. The van der Waals surface area contributed by atoms with Gasteiger partial charge in [0.15, 0.2) is 18.0 Å². The van der Waals surface area contributed by atoms with Crippen molar-refractivity contribution in [3.63, 3.8) is 0 Å². The minimum Gasteiger partial charge on any atom is -0.503 e. The zero-order chi connectivity index (χ0) is 12.9. The number of nitrogens with one attached hydrogen (secondary N) is 2. The van der Waals surface area contributed by atoms with Gasteiger partial charge in [-0.1, -0.05) is 0 Å². The summed E-state index contributed by atoms with van der Waals surface area (Å²) in [5.74, 6) is -0.615. The minimum absolute atomic E-state index is 0.0281. The molecule has 1 aromatic rings. The van der Waals surface area contributed by atoms with Crippen LogP contribution in [0.3, 0.4) is 0 Å². The van der Waals surface area contributed by atoms with Gasteiger partial charge in [0.05, 0.1) is 0 Å². The lowest BCUT2D eigenvalue weighted by molar-refractivity contribution is -0.675. The van der Waals surface area contributed by atoms with Crippen LogP contribution in [-0.2, 0) is 27.8 Å². The third-order valence-corrected chi connectivity index (χ3v) is 4.91. The molecule has 2 aliphatic rings. The Morgan fingerprint density at radius 1 is 1.22 bits per heavy atom. The fourth-order valence-corrected chi connectivity index (χ4v) is 3.83. The van der Waals surface area contributed by atoms with Crippen LogP contribution < -0.4 is 9.03 Å². The molecule has 1 amide bonds. The van der Waals surface area contributed by atoms with Gasteiger partial charge < -0.3 is 5.11 Å². The van der Waals surface area contributed by atoms with Crippen LogP contribution in [0, 0.1) is 0 Å². The first-order chi connectivity index (χ1) is 8.47. The van der Waals surface area contributed by atoms with Gasteiger partial charge >= 0.3 is 10.2 Å². The Hall–Kier alpha value is -1.60. The molecule has 96 valence electrons. The summed E-state index contributed by atoms with van der Waals surface area (Å²) in [6, 6.07) is 3.31. The van der Waals surface area contributed by atoms with Gasteiger partial charge in [-0.15, -0.1) is 0 Å². The Morgan fingerprint density at radius 3 is 2.50 bits per heavy atom. The van der Waals surface area contributed by atoms with E-state index in [-0.39, 0.29) is 22.3 Å². The van der Waals surface area contributed by atoms with Crippen molar-refractivity contribution in [2.45, 2.75) is 19.3 Å². The smallest absolute Gasteiger partial charge is 0.400 e. The van der Waals surface area contributed by atoms with E-state index in [9.17, 15) is 18.3 Å². The average molecular weight is 269 g/mol. The Bertz CT molecular complexity index is 639. The molecule has 1 aliphatic heterocycles. The molecule has 18 heavy (non-hydrogen) atoms. The fraction of sp³-hybridized carbons (Fsp3) is 0.364. The van der Waals surface area contributed by atoms with E-state index >= 15 is 0 Å². The molecule has 3 rings (SSSR count). The molecular formula is C11H13N2O4S+. The molecule has 1 saturated heterocycles. The number of rotatable bonds is 1. The molecule has 1 fully saturated rings. The second-order valence-corrected chi connectivity index (χ2v) is 6.32. The predicted molar refractivity (Wildman–Crippen MR) is 62.7 cm³/mol. The molecule has 3 N–H and O–H groups in total. The molecular weight excluding hydrogens is 256 g/mol. The van der Waals surface area contributed by atoms with Crippen molar-refractivity contribution in [1.82, 2.24) is 4.72 Å². The highest BCUT2D eigenvalue weighted by atomic mass is 32.2. The van der Waals surface area contributed by atoms with Gasteiger partial charge in [-0.25, -0.2) is 4.72 Å². The van der Waals surface area contributed by atoms with Crippen LogP contribution in [0.1, 0.15) is 17.5 Å². The van der Waals surface area contributed by atoms with E-state index in [0.717, 1.165) is 30.4 Å². The number of hydrogen-bond acceptors (Lipinski definition) is 4. The summed E-state index contributed by atoms with van der Waals surface area (Å²) in [5, 5.41) is 9.93. The minimum atomic E-state index is -3.77. The predicted octanol–water partition coefficient (Wildman–Crippen LogP) is -1.23. The summed E-state index contributed by atoms with van der Waals surface area (Å²) < 4.78 is 25.4. The quantitative estimate of drug-likeness (QED) is 0.557. The molecule has 1 aromatic carbocycles. The number of carbonyl (C=O) groups excluding carboxylic acids is 1. The van der Waals surface area contributed by atoms with Gasteiger partial charge in [0.1, 0.15) is 0 Å². The number of quaternary nitrogens is 1. The first kappa shape index (κ1) is 11.5. The normalized spacial score (nSPS) is 24.9. The summed E-state index contributed by atoms with van der Waals surface area (Å²) in [5.41, 5.74) is 2.38. The Kier molecular flexibility index (Phi) is 2.36. The fourth-order valence-electron chi connectivity index (χ4n) is 2.56. The largest absolute Gasteiger partial charge is 0.503 e. The molecule has 6 nitrogen and oxygen atoms in total.